The Morgan fingerprint density at radius 1 is 0.583 bits per heavy atom. The third-order valence-electron chi connectivity index (χ3n) is 7.95. The molecule has 4 aromatic carbocycles. The van der Waals surface area contributed by atoms with Gasteiger partial charge in [0.15, 0.2) is 0 Å². The van der Waals surface area contributed by atoms with Crippen molar-refractivity contribution in [3.05, 3.63) is 108 Å². The summed E-state index contributed by atoms with van der Waals surface area (Å²) in [6.45, 7) is 5.65. The van der Waals surface area contributed by atoms with E-state index in [1.807, 2.05) is 109 Å². The highest BCUT2D eigenvalue weighted by molar-refractivity contribution is 5.82. The van der Waals surface area contributed by atoms with E-state index in [9.17, 15) is 0 Å². The van der Waals surface area contributed by atoms with Crippen molar-refractivity contribution in [2.75, 3.05) is 33.0 Å². The van der Waals surface area contributed by atoms with Gasteiger partial charge in [-0.15, -0.1) is 0 Å². The Labute approximate surface area is 283 Å². The molecule has 4 aromatic rings. The average Bonchev–Trinajstić information content (AvgIpc) is 4.06. The van der Waals surface area contributed by atoms with Crippen LogP contribution in [0.4, 0.5) is 11.4 Å². The maximum absolute atomic E-state index is 6.14. The monoisotopic (exact) mass is 648 g/mol. The van der Waals surface area contributed by atoms with E-state index in [1.165, 1.54) is 0 Å². The molecule has 0 N–H and O–H groups in total. The van der Waals surface area contributed by atoms with Crippen LogP contribution in [0.5, 0.6) is 23.0 Å². The smallest absolute Gasteiger partial charge is 0.119 e. The maximum atomic E-state index is 6.14. The summed E-state index contributed by atoms with van der Waals surface area (Å²) >= 11 is 0. The molecule has 250 valence electrons. The van der Waals surface area contributed by atoms with Crippen LogP contribution in [-0.2, 0) is 9.47 Å². The van der Waals surface area contributed by atoms with Crippen LogP contribution in [0, 0.1) is 0 Å². The highest BCUT2D eigenvalue weighted by Crippen LogP contribution is 2.22. The van der Waals surface area contributed by atoms with Crippen LogP contribution in [0.25, 0.3) is 0 Å². The SMILES string of the molecule is CC(CCCCCCOc1ccc(C=Nc2ccc(OCC3CO3)cc2)cc1)Oc1ccc(C=Nc2ccc(OCC3CO3)cc2)cc1. The lowest BCUT2D eigenvalue weighted by Gasteiger charge is -2.14. The van der Waals surface area contributed by atoms with Gasteiger partial charge in [-0.2, -0.15) is 0 Å². The van der Waals surface area contributed by atoms with Gasteiger partial charge in [-0.1, -0.05) is 12.8 Å². The molecular weight excluding hydrogens is 604 g/mol. The number of aliphatic imine (C=N–C) groups is 2. The number of hydrogen-bond donors (Lipinski definition) is 0. The number of nitrogens with zero attached hydrogens (tertiary/aromatic N) is 2. The first-order valence-corrected chi connectivity index (χ1v) is 16.9. The second-order valence-corrected chi connectivity index (χ2v) is 12.2. The summed E-state index contributed by atoms with van der Waals surface area (Å²) in [5, 5.41) is 0. The van der Waals surface area contributed by atoms with Crippen LogP contribution in [0.3, 0.4) is 0 Å². The molecule has 2 fully saturated rings. The van der Waals surface area contributed by atoms with Gasteiger partial charge in [0.2, 0.25) is 0 Å². The molecule has 8 heteroatoms. The van der Waals surface area contributed by atoms with Crippen LogP contribution >= 0.6 is 0 Å². The molecule has 0 radical (unpaired) electrons. The van der Waals surface area contributed by atoms with E-state index >= 15 is 0 Å². The van der Waals surface area contributed by atoms with Crippen LogP contribution < -0.4 is 18.9 Å². The van der Waals surface area contributed by atoms with E-state index in [4.69, 9.17) is 28.4 Å². The van der Waals surface area contributed by atoms with E-state index in [0.717, 1.165) is 90.8 Å². The predicted molar refractivity (Wildman–Crippen MR) is 189 cm³/mol. The van der Waals surface area contributed by atoms with Gasteiger partial charge in [-0.3, -0.25) is 9.98 Å². The Bertz CT molecular complexity index is 1580. The van der Waals surface area contributed by atoms with Crippen molar-refractivity contribution < 1.29 is 28.4 Å². The molecule has 0 spiro atoms. The second-order valence-electron chi connectivity index (χ2n) is 12.2. The molecule has 2 aliphatic rings. The fraction of sp³-hybridized carbons (Fsp3) is 0.350. The van der Waals surface area contributed by atoms with Crippen molar-refractivity contribution in [1.82, 2.24) is 0 Å². The zero-order chi connectivity index (χ0) is 32.8. The summed E-state index contributed by atoms with van der Waals surface area (Å²) in [5.41, 5.74) is 3.81. The molecule has 3 atom stereocenters. The summed E-state index contributed by atoms with van der Waals surface area (Å²) in [5.74, 6) is 3.43. The molecule has 48 heavy (non-hydrogen) atoms. The normalized spacial score (nSPS) is 17.4. The molecule has 0 bridgehead atoms. The molecule has 6 rings (SSSR count). The number of ether oxygens (including phenoxy) is 6. The summed E-state index contributed by atoms with van der Waals surface area (Å²) in [6, 6.07) is 31.7. The molecule has 2 saturated heterocycles. The summed E-state index contributed by atoms with van der Waals surface area (Å²) < 4.78 is 33.8. The molecule has 2 aliphatic heterocycles. The Hall–Kier alpha value is -4.66. The summed E-state index contributed by atoms with van der Waals surface area (Å²) in [6.07, 6.45) is 9.86. The highest BCUT2D eigenvalue weighted by atomic mass is 16.6. The Morgan fingerprint density at radius 3 is 1.52 bits per heavy atom. The lowest BCUT2D eigenvalue weighted by atomic mass is 10.1. The fourth-order valence-corrected chi connectivity index (χ4v) is 4.91. The zero-order valence-corrected chi connectivity index (χ0v) is 27.5. The number of unbranched alkanes of at least 4 members (excludes halogenated alkanes) is 3. The van der Waals surface area contributed by atoms with Crippen molar-refractivity contribution in [3.8, 4) is 23.0 Å². The first-order valence-electron chi connectivity index (χ1n) is 16.9. The predicted octanol–water partition coefficient (Wildman–Crippen LogP) is 8.54. The van der Waals surface area contributed by atoms with Crippen LogP contribution in [0.1, 0.15) is 50.2 Å². The van der Waals surface area contributed by atoms with Gasteiger partial charge in [0.1, 0.15) is 48.4 Å². The third kappa shape index (κ3) is 11.9. The van der Waals surface area contributed by atoms with E-state index < -0.39 is 0 Å². The Kier molecular flexibility index (Phi) is 12.1. The average molecular weight is 649 g/mol. The fourth-order valence-electron chi connectivity index (χ4n) is 4.91. The minimum absolute atomic E-state index is 0.163. The van der Waals surface area contributed by atoms with Crippen molar-refractivity contribution in [2.24, 2.45) is 9.98 Å². The number of rotatable bonds is 20. The molecule has 3 unspecified atom stereocenters. The molecule has 0 amide bonds. The Balaban J connectivity index is 0.803. The van der Waals surface area contributed by atoms with Gasteiger partial charge in [0.05, 0.1) is 37.3 Å². The van der Waals surface area contributed by atoms with Gasteiger partial charge in [-0.25, -0.2) is 0 Å². The van der Waals surface area contributed by atoms with Crippen molar-refractivity contribution in [1.29, 1.82) is 0 Å². The van der Waals surface area contributed by atoms with Crippen LogP contribution in [0.15, 0.2) is 107 Å². The van der Waals surface area contributed by atoms with Crippen LogP contribution in [-0.4, -0.2) is 63.8 Å². The molecular formula is C40H44N2O6. The lowest BCUT2D eigenvalue weighted by Crippen LogP contribution is -2.11. The van der Waals surface area contributed by atoms with Crippen molar-refractivity contribution >= 4 is 23.8 Å². The van der Waals surface area contributed by atoms with E-state index in [-0.39, 0.29) is 18.3 Å². The largest absolute Gasteiger partial charge is 0.494 e. The number of benzene rings is 4. The van der Waals surface area contributed by atoms with E-state index in [0.29, 0.717) is 19.8 Å². The van der Waals surface area contributed by atoms with Gasteiger partial charge >= 0.3 is 0 Å². The molecule has 8 nitrogen and oxygen atoms in total. The van der Waals surface area contributed by atoms with Gasteiger partial charge < -0.3 is 28.4 Å². The number of epoxide rings is 2. The van der Waals surface area contributed by atoms with Crippen LogP contribution in [0.2, 0.25) is 0 Å². The summed E-state index contributed by atoms with van der Waals surface area (Å²) in [7, 11) is 0. The third-order valence-corrected chi connectivity index (χ3v) is 7.95. The van der Waals surface area contributed by atoms with Crippen molar-refractivity contribution in [2.45, 2.75) is 57.3 Å². The molecule has 0 aliphatic carbocycles. The highest BCUT2D eigenvalue weighted by Gasteiger charge is 2.23. The molecule has 2 heterocycles. The van der Waals surface area contributed by atoms with Gasteiger partial charge in [0.25, 0.3) is 0 Å². The van der Waals surface area contributed by atoms with Gasteiger partial charge in [0, 0.05) is 12.4 Å². The minimum Gasteiger partial charge on any atom is -0.494 e. The summed E-state index contributed by atoms with van der Waals surface area (Å²) in [4.78, 5) is 9.13. The molecule has 0 saturated carbocycles. The lowest BCUT2D eigenvalue weighted by molar-refractivity contribution is 0.205. The van der Waals surface area contributed by atoms with Crippen molar-refractivity contribution in [3.63, 3.8) is 0 Å². The first-order chi connectivity index (χ1) is 23.6. The van der Waals surface area contributed by atoms with E-state index in [2.05, 4.69) is 16.9 Å². The first kappa shape index (κ1) is 33.2. The second kappa shape index (κ2) is 17.5. The maximum Gasteiger partial charge on any atom is 0.119 e. The number of hydrogen-bond acceptors (Lipinski definition) is 8. The standard InChI is InChI=1S/C40H44N2O6/c1-30(48-38-17-9-32(10-18-38)25-42-34-13-21-37(22-14-34)45-27-40-29-47-40)6-4-2-3-5-23-43-35-15-7-31(8-16-35)24-41-33-11-19-36(20-12-33)44-26-39-28-46-39/h7-22,24-25,30,39-40H,2-6,23,26-29H2,1H3. The topological polar surface area (TPSA) is 86.7 Å². The van der Waals surface area contributed by atoms with E-state index in [1.54, 1.807) is 0 Å². The van der Waals surface area contributed by atoms with Gasteiger partial charge in [-0.05, 0) is 134 Å². The zero-order valence-electron chi connectivity index (χ0n) is 27.5. The quantitative estimate of drug-likeness (QED) is 0.0542. The minimum atomic E-state index is 0.163. The Morgan fingerprint density at radius 2 is 1.02 bits per heavy atom. The molecule has 0 aromatic heterocycles.